The maximum Gasteiger partial charge on any atom is 0.192 e. The maximum absolute atomic E-state index is 12.5. The van der Waals surface area contributed by atoms with Gasteiger partial charge in [0.2, 0.25) is 0 Å². The predicted octanol–water partition coefficient (Wildman–Crippen LogP) is 4.56. The van der Waals surface area contributed by atoms with E-state index in [4.69, 9.17) is 4.74 Å². The molecule has 1 aromatic carbocycles. The molecule has 2 heterocycles. The summed E-state index contributed by atoms with van der Waals surface area (Å²) in [4.78, 5) is 13.6. The second-order valence-corrected chi connectivity index (χ2v) is 6.15. The first-order valence-corrected chi connectivity index (χ1v) is 7.62. The average Bonchev–Trinajstić information content (AvgIpc) is 2.85. The average molecular weight is 335 g/mol. The second-order valence-electron chi connectivity index (χ2n) is 4.25. The van der Waals surface area contributed by atoms with Crippen molar-refractivity contribution < 1.29 is 9.53 Å². The Labute approximate surface area is 123 Å². The standard InChI is InChI=1S/C15H11BrO2S/c16-11-3-4-13-14(9-11)18-6-5-10(15(13)17)8-12-2-1-7-19-12/h1-4,7-9H,5-6H2/b10-8-. The molecule has 3 rings (SSSR count). The predicted molar refractivity (Wildman–Crippen MR) is 80.9 cm³/mol. The van der Waals surface area contributed by atoms with Gasteiger partial charge < -0.3 is 4.74 Å². The molecule has 4 heteroatoms. The lowest BCUT2D eigenvalue weighted by atomic mass is 10.0. The van der Waals surface area contributed by atoms with E-state index in [1.165, 1.54) is 0 Å². The molecule has 2 aromatic rings. The molecule has 19 heavy (non-hydrogen) atoms. The molecule has 0 N–H and O–H groups in total. The van der Waals surface area contributed by atoms with Crippen LogP contribution in [0.15, 0.2) is 45.8 Å². The Morgan fingerprint density at radius 3 is 3.00 bits per heavy atom. The van der Waals surface area contributed by atoms with Gasteiger partial charge in [-0.1, -0.05) is 22.0 Å². The van der Waals surface area contributed by atoms with Crippen LogP contribution in [0.1, 0.15) is 21.7 Å². The quantitative estimate of drug-likeness (QED) is 0.714. The summed E-state index contributed by atoms with van der Waals surface area (Å²) in [5.74, 6) is 0.724. The third-order valence-corrected chi connectivity index (χ3v) is 4.28. The van der Waals surface area contributed by atoms with Crippen molar-refractivity contribution >= 4 is 39.1 Å². The Bertz CT molecular complexity index is 644. The molecular formula is C15H11BrO2S. The highest BCUT2D eigenvalue weighted by Gasteiger charge is 2.21. The Hall–Kier alpha value is -1.39. The van der Waals surface area contributed by atoms with E-state index in [1.54, 1.807) is 11.3 Å². The van der Waals surface area contributed by atoms with Gasteiger partial charge in [-0.2, -0.15) is 0 Å². The largest absolute Gasteiger partial charge is 0.492 e. The second kappa shape index (κ2) is 5.31. The molecule has 0 aliphatic carbocycles. The summed E-state index contributed by atoms with van der Waals surface area (Å²) < 4.78 is 6.58. The van der Waals surface area contributed by atoms with E-state index in [9.17, 15) is 4.79 Å². The molecular weight excluding hydrogens is 324 g/mol. The lowest BCUT2D eigenvalue weighted by Crippen LogP contribution is -2.01. The highest BCUT2D eigenvalue weighted by Crippen LogP contribution is 2.30. The first kappa shape index (κ1) is 12.6. The molecule has 0 fully saturated rings. The van der Waals surface area contributed by atoms with Crippen molar-refractivity contribution in [2.45, 2.75) is 6.42 Å². The van der Waals surface area contributed by atoms with Gasteiger partial charge in [0.05, 0.1) is 12.2 Å². The zero-order valence-electron chi connectivity index (χ0n) is 10.1. The van der Waals surface area contributed by atoms with Gasteiger partial charge in [-0.15, -0.1) is 11.3 Å². The summed E-state index contributed by atoms with van der Waals surface area (Å²) in [6, 6.07) is 9.53. The maximum atomic E-state index is 12.5. The normalized spacial score (nSPS) is 16.9. The zero-order chi connectivity index (χ0) is 13.2. The third-order valence-electron chi connectivity index (χ3n) is 2.97. The Kier molecular flexibility index (Phi) is 3.53. The number of hydrogen-bond donors (Lipinski definition) is 0. The van der Waals surface area contributed by atoms with Gasteiger partial charge in [-0.3, -0.25) is 4.79 Å². The van der Waals surface area contributed by atoms with Crippen molar-refractivity contribution in [1.82, 2.24) is 0 Å². The summed E-state index contributed by atoms with van der Waals surface area (Å²) in [5, 5.41) is 2.01. The molecule has 1 aromatic heterocycles. The van der Waals surface area contributed by atoms with Gasteiger partial charge in [-0.25, -0.2) is 0 Å². The highest BCUT2D eigenvalue weighted by atomic mass is 79.9. The summed E-state index contributed by atoms with van der Waals surface area (Å²) in [6.45, 7) is 0.534. The van der Waals surface area contributed by atoms with Crippen molar-refractivity contribution in [3.63, 3.8) is 0 Å². The molecule has 0 radical (unpaired) electrons. The van der Waals surface area contributed by atoms with Crippen LogP contribution in [-0.2, 0) is 0 Å². The van der Waals surface area contributed by atoms with Gasteiger partial charge in [0.25, 0.3) is 0 Å². The highest BCUT2D eigenvalue weighted by molar-refractivity contribution is 9.10. The van der Waals surface area contributed by atoms with Crippen molar-refractivity contribution in [1.29, 1.82) is 0 Å². The van der Waals surface area contributed by atoms with Gasteiger partial charge >= 0.3 is 0 Å². The fourth-order valence-corrected chi connectivity index (χ4v) is 3.07. The van der Waals surface area contributed by atoms with Crippen LogP contribution < -0.4 is 4.74 Å². The number of benzene rings is 1. The van der Waals surface area contributed by atoms with Gasteiger partial charge in [0.1, 0.15) is 5.75 Å². The number of carbonyl (C=O) groups is 1. The van der Waals surface area contributed by atoms with E-state index in [0.717, 1.165) is 14.9 Å². The minimum Gasteiger partial charge on any atom is -0.492 e. The van der Waals surface area contributed by atoms with Crippen molar-refractivity contribution in [3.8, 4) is 5.75 Å². The van der Waals surface area contributed by atoms with Crippen LogP contribution in [0.2, 0.25) is 0 Å². The van der Waals surface area contributed by atoms with Gasteiger partial charge in [0, 0.05) is 21.3 Å². The van der Waals surface area contributed by atoms with Crippen LogP contribution in [0.25, 0.3) is 6.08 Å². The zero-order valence-corrected chi connectivity index (χ0v) is 12.5. The molecule has 96 valence electrons. The Morgan fingerprint density at radius 1 is 1.32 bits per heavy atom. The SMILES string of the molecule is O=C1/C(=C\c2cccs2)CCOc2cc(Br)ccc21. The number of carbonyl (C=O) groups excluding carboxylic acids is 1. The number of ketones is 1. The Balaban J connectivity index is 2.02. The number of fused-ring (bicyclic) bond motifs is 1. The molecule has 0 amide bonds. The van der Waals surface area contributed by atoms with Crippen LogP contribution in [-0.4, -0.2) is 12.4 Å². The van der Waals surface area contributed by atoms with E-state index in [2.05, 4.69) is 15.9 Å². The molecule has 1 aliphatic heterocycles. The summed E-state index contributed by atoms with van der Waals surface area (Å²) in [7, 11) is 0. The van der Waals surface area contributed by atoms with Gasteiger partial charge in [0.15, 0.2) is 5.78 Å². The molecule has 2 nitrogen and oxygen atoms in total. The molecule has 0 bridgehead atoms. The smallest absolute Gasteiger partial charge is 0.192 e. The van der Waals surface area contributed by atoms with Crippen LogP contribution in [0.4, 0.5) is 0 Å². The lowest BCUT2D eigenvalue weighted by molar-refractivity contribution is 0.103. The molecule has 0 unspecified atom stereocenters. The minimum atomic E-state index is 0.0633. The monoisotopic (exact) mass is 334 g/mol. The number of thiophene rings is 1. The van der Waals surface area contributed by atoms with Crippen LogP contribution in [0.3, 0.4) is 0 Å². The molecule has 0 atom stereocenters. The van der Waals surface area contributed by atoms with Crippen LogP contribution in [0.5, 0.6) is 5.75 Å². The van der Waals surface area contributed by atoms with E-state index in [1.807, 2.05) is 41.8 Å². The number of halogens is 1. The molecule has 0 saturated heterocycles. The van der Waals surface area contributed by atoms with E-state index in [-0.39, 0.29) is 5.78 Å². The van der Waals surface area contributed by atoms with Crippen molar-refractivity contribution in [3.05, 3.63) is 56.2 Å². The Morgan fingerprint density at radius 2 is 2.21 bits per heavy atom. The summed E-state index contributed by atoms with van der Waals surface area (Å²) in [5.41, 5.74) is 1.45. The third kappa shape index (κ3) is 2.65. The minimum absolute atomic E-state index is 0.0633. The topological polar surface area (TPSA) is 26.3 Å². The van der Waals surface area contributed by atoms with Crippen molar-refractivity contribution in [2.24, 2.45) is 0 Å². The van der Waals surface area contributed by atoms with E-state index in [0.29, 0.717) is 24.3 Å². The molecule has 0 saturated carbocycles. The fourth-order valence-electron chi connectivity index (χ4n) is 2.04. The van der Waals surface area contributed by atoms with Crippen LogP contribution >= 0.6 is 27.3 Å². The number of rotatable bonds is 1. The number of ether oxygens (including phenoxy) is 1. The number of hydrogen-bond acceptors (Lipinski definition) is 3. The number of Topliss-reactive ketones (excluding diaryl/α,β-unsaturated/α-hetero) is 1. The fraction of sp³-hybridized carbons (Fsp3) is 0.133. The van der Waals surface area contributed by atoms with Gasteiger partial charge in [-0.05, 0) is 35.7 Å². The first-order valence-electron chi connectivity index (χ1n) is 5.95. The summed E-state index contributed by atoms with van der Waals surface area (Å²) in [6.07, 6.45) is 2.61. The van der Waals surface area contributed by atoms with Crippen LogP contribution in [0, 0.1) is 0 Å². The lowest BCUT2D eigenvalue weighted by Gasteiger charge is -2.05. The molecule has 1 aliphatic rings. The summed E-state index contributed by atoms with van der Waals surface area (Å²) >= 11 is 5.03. The van der Waals surface area contributed by atoms with E-state index < -0.39 is 0 Å². The molecule has 0 spiro atoms. The van der Waals surface area contributed by atoms with E-state index >= 15 is 0 Å². The van der Waals surface area contributed by atoms with Crippen molar-refractivity contribution in [2.75, 3.05) is 6.61 Å². The first-order chi connectivity index (χ1) is 9.24.